The number of benzene rings is 10. The van der Waals surface area contributed by atoms with E-state index in [1.54, 1.807) is 0 Å². The molecule has 10 aromatic carbocycles. The first-order valence-electron chi connectivity index (χ1n) is 20.3. The van der Waals surface area contributed by atoms with Crippen LogP contribution in [0.1, 0.15) is 0 Å². The first-order valence-corrected chi connectivity index (χ1v) is 20.3. The van der Waals surface area contributed by atoms with E-state index in [0.29, 0.717) is 0 Å². The van der Waals surface area contributed by atoms with Gasteiger partial charge >= 0.3 is 0 Å². The lowest BCUT2D eigenvalue weighted by atomic mass is 9.94. The molecule has 0 bridgehead atoms. The molecule has 0 saturated carbocycles. The predicted molar refractivity (Wildman–Crippen MR) is 251 cm³/mol. The van der Waals surface area contributed by atoms with Crippen LogP contribution in [0.3, 0.4) is 0 Å². The normalized spacial score (nSPS) is 11.7. The van der Waals surface area contributed by atoms with Gasteiger partial charge in [-0.3, -0.25) is 0 Å². The van der Waals surface area contributed by atoms with E-state index in [2.05, 4.69) is 233 Å². The SMILES string of the molecule is c1ccc(-n2c3ccccc3c3cccc(-c4cc(-c5ccc6c(c5)c5ccccc5n6-c5ccc6ccccc6c5)ccc4Nc4cccc5ccccc45)c32)cc1. The molecule has 3 nitrogen and oxygen atoms in total. The zero-order valence-electron chi connectivity index (χ0n) is 32.2. The van der Waals surface area contributed by atoms with Gasteiger partial charge in [0.25, 0.3) is 0 Å². The van der Waals surface area contributed by atoms with Crippen LogP contribution in [0, 0.1) is 0 Å². The average molecular weight is 752 g/mol. The number of aromatic nitrogens is 2. The van der Waals surface area contributed by atoms with Crippen LogP contribution in [0.4, 0.5) is 11.4 Å². The van der Waals surface area contributed by atoms with Crippen LogP contribution in [0.15, 0.2) is 218 Å². The van der Waals surface area contributed by atoms with Crippen LogP contribution in [0.2, 0.25) is 0 Å². The second kappa shape index (κ2) is 13.4. The van der Waals surface area contributed by atoms with E-state index in [1.165, 1.54) is 76.3 Å². The third-order valence-corrected chi connectivity index (χ3v) is 12.1. The van der Waals surface area contributed by atoms with E-state index in [1.807, 2.05) is 0 Å². The Balaban J connectivity index is 1.09. The van der Waals surface area contributed by atoms with Gasteiger partial charge in [0.05, 0.1) is 22.1 Å². The summed E-state index contributed by atoms with van der Waals surface area (Å²) in [4.78, 5) is 0. The molecule has 3 heteroatoms. The standard InChI is InChI=1S/C56H37N3/c1-2-18-42(19-3-1)59-54-27-11-8-21-45(54)47-23-13-24-48(56(47)59)49-35-40(29-32-52(49)57-51-25-12-17-38-15-6-7-20-44(38)51)41-30-33-55-50(36-41)46-22-9-10-26-53(46)58(55)43-31-28-37-14-4-5-16-39(37)34-43/h1-36,57H. The van der Waals surface area contributed by atoms with E-state index in [9.17, 15) is 0 Å². The number of nitrogens with zero attached hydrogens (tertiary/aromatic N) is 2. The first kappa shape index (κ1) is 33.3. The fourth-order valence-corrected chi connectivity index (χ4v) is 9.36. The minimum absolute atomic E-state index is 1.05. The molecule has 0 atom stereocenters. The van der Waals surface area contributed by atoms with Crippen molar-refractivity contribution in [2.45, 2.75) is 0 Å². The van der Waals surface area contributed by atoms with Crippen LogP contribution in [0.5, 0.6) is 0 Å². The molecule has 1 N–H and O–H groups in total. The van der Waals surface area contributed by atoms with Crippen LogP contribution in [-0.4, -0.2) is 9.13 Å². The van der Waals surface area contributed by atoms with Crippen molar-refractivity contribution >= 4 is 76.5 Å². The first-order chi connectivity index (χ1) is 29.3. The number of hydrogen-bond acceptors (Lipinski definition) is 1. The zero-order valence-corrected chi connectivity index (χ0v) is 32.2. The van der Waals surface area contributed by atoms with Gasteiger partial charge < -0.3 is 14.5 Å². The lowest BCUT2D eigenvalue weighted by Gasteiger charge is -2.18. The van der Waals surface area contributed by atoms with Crippen molar-refractivity contribution in [3.8, 4) is 33.6 Å². The Labute approximate surface area is 341 Å². The van der Waals surface area contributed by atoms with Gasteiger partial charge in [0.2, 0.25) is 0 Å². The Hall–Kier alpha value is -7.88. The number of para-hydroxylation sites is 4. The molecule has 12 rings (SSSR count). The van der Waals surface area contributed by atoms with E-state index in [4.69, 9.17) is 0 Å². The van der Waals surface area contributed by atoms with E-state index >= 15 is 0 Å². The number of hydrogen-bond donors (Lipinski definition) is 1. The van der Waals surface area contributed by atoms with Gasteiger partial charge in [-0.2, -0.15) is 0 Å². The number of nitrogens with one attached hydrogen (secondary N) is 1. The minimum atomic E-state index is 1.05. The Kier molecular flexibility index (Phi) is 7.54. The van der Waals surface area contributed by atoms with Gasteiger partial charge in [0.1, 0.15) is 0 Å². The highest BCUT2D eigenvalue weighted by atomic mass is 15.0. The topological polar surface area (TPSA) is 21.9 Å². The summed E-state index contributed by atoms with van der Waals surface area (Å²) in [6.45, 7) is 0. The molecular weight excluding hydrogens is 715 g/mol. The molecular formula is C56H37N3. The number of rotatable bonds is 6. The highest BCUT2D eigenvalue weighted by Crippen LogP contribution is 2.44. The third-order valence-electron chi connectivity index (χ3n) is 12.1. The molecule has 59 heavy (non-hydrogen) atoms. The summed E-state index contributed by atoms with van der Waals surface area (Å²) in [5.74, 6) is 0. The summed E-state index contributed by atoms with van der Waals surface area (Å²) in [6.07, 6.45) is 0. The largest absolute Gasteiger partial charge is 0.355 e. The van der Waals surface area contributed by atoms with Crippen molar-refractivity contribution in [2.24, 2.45) is 0 Å². The Morgan fingerprint density at radius 2 is 0.898 bits per heavy atom. The monoisotopic (exact) mass is 751 g/mol. The Morgan fingerprint density at radius 3 is 1.75 bits per heavy atom. The molecule has 0 radical (unpaired) electrons. The molecule has 0 aliphatic rings. The lowest BCUT2D eigenvalue weighted by molar-refractivity contribution is 1.18. The van der Waals surface area contributed by atoms with E-state index in [-0.39, 0.29) is 0 Å². The summed E-state index contributed by atoms with van der Waals surface area (Å²) >= 11 is 0. The molecule has 0 spiro atoms. The van der Waals surface area contributed by atoms with Crippen molar-refractivity contribution in [3.05, 3.63) is 218 Å². The molecule has 2 heterocycles. The highest BCUT2D eigenvalue weighted by Gasteiger charge is 2.20. The quantitative estimate of drug-likeness (QED) is 0.180. The molecule has 12 aromatic rings. The van der Waals surface area contributed by atoms with Gasteiger partial charge in [-0.1, -0.05) is 152 Å². The van der Waals surface area contributed by atoms with Gasteiger partial charge in [0, 0.05) is 60.8 Å². The highest BCUT2D eigenvalue weighted by molar-refractivity contribution is 6.15. The van der Waals surface area contributed by atoms with Crippen molar-refractivity contribution in [3.63, 3.8) is 0 Å². The second-order valence-corrected chi connectivity index (χ2v) is 15.4. The van der Waals surface area contributed by atoms with Gasteiger partial charge in [0.15, 0.2) is 0 Å². The van der Waals surface area contributed by atoms with Crippen molar-refractivity contribution in [2.75, 3.05) is 5.32 Å². The van der Waals surface area contributed by atoms with Gasteiger partial charge in [-0.25, -0.2) is 0 Å². The fraction of sp³-hybridized carbons (Fsp3) is 0. The van der Waals surface area contributed by atoms with Crippen LogP contribution in [-0.2, 0) is 0 Å². The molecule has 0 aliphatic heterocycles. The molecule has 0 amide bonds. The summed E-state index contributed by atoms with van der Waals surface area (Å²) in [6, 6.07) is 79.4. The lowest BCUT2D eigenvalue weighted by Crippen LogP contribution is -1.98. The molecule has 2 aromatic heterocycles. The second-order valence-electron chi connectivity index (χ2n) is 15.4. The van der Waals surface area contributed by atoms with Gasteiger partial charge in [-0.05, 0) is 94.0 Å². The Morgan fingerprint density at radius 1 is 0.288 bits per heavy atom. The van der Waals surface area contributed by atoms with Crippen molar-refractivity contribution < 1.29 is 0 Å². The van der Waals surface area contributed by atoms with E-state index in [0.717, 1.165) is 33.9 Å². The van der Waals surface area contributed by atoms with Gasteiger partial charge in [-0.15, -0.1) is 0 Å². The smallest absolute Gasteiger partial charge is 0.0620 e. The maximum Gasteiger partial charge on any atom is 0.0620 e. The van der Waals surface area contributed by atoms with Crippen molar-refractivity contribution in [1.82, 2.24) is 9.13 Å². The minimum Gasteiger partial charge on any atom is -0.355 e. The molecule has 0 fully saturated rings. The Bertz CT molecular complexity index is 3580. The van der Waals surface area contributed by atoms with Crippen LogP contribution in [0.25, 0.3) is 98.8 Å². The van der Waals surface area contributed by atoms with Crippen LogP contribution >= 0.6 is 0 Å². The molecule has 0 aliphatic carbocycles. The average Bonchev–Trinajstić information content (AvgIpc) is 3.82. The van der Waals surface area contributed by atoms with Crippen LogP contribution < -0.4 is 5.32 Å². The maximum atomic E-state index is 3.93. The summed E-state index contributed by atoms with van der Waals surface area (Å²) in [5, 5.41) is 13.7. The third kappa shape index (κ3) is 5.36. The summed E-state index contributed by atoms with van der Waals surface area (Å²) in [7, 11) is 0. The van der Waals surface area contributed by atoms with Crippen molar-refractivity contribution in [1.29, 1.82) is 0 Å². The summed E-state index contributed by atoms with van der Waals surface area (Å²) < 4.78 is 4.84. The molecule has 0 saturated heterocycles. The predicted octanol–water partition coefficient (Wildman–Crippen LogP) is 15.3. The number of anilines is 2. The summed E-state index contributed by atoms with van der Waals surface area (Å²) in [5.41, 5.74) is 13.8. The van der Waals surface area contributed by atoms with E-state index < -0.39 is 0 Å². The maximum absolute atomic E-state index is 3.93. The molecule has 0 unspecified atom stereocenters. The molecule has 276 valence electrons. The fourth-order valence-electron chi connectivity index (χ4n) is 9.36. The number of fused-ring (bicyclic) bond motifs is 8. The zero-order chi connectivity index (χ0) is 38.9.